The lowest BCUT2D eigenvalue weighted by molar-refractivity contribution is -0.121. The fourth-order valence-corrected chi connectivity index (χ4v) is 7.06. The molecule has 4 heterocycles. The second kappa shape index (κ2) is 22.5. The van der Waals surface area contributed by atoms with E-state index >= 15 is 0 Å². The van der Waals surface area contributed by atoms with E-state index < -0.39 is 0 Å². The summed E-state index contributed by atoms with van der Waals surface area (Å²) in [5.41, 5.74) is 5.78. The molecule has 2 fully saturated rings. The van der Waals surface area contributed by atoms with Gasteiger partial charge in [0.25, 0.3) is 30.1 Å². The van der Waals surface area contributed by atoms with Crippen LogP contribution in [0.5, 0.6) is 5.88 Å². The Balaban J connectivity index is 0.000000187. The topological polar surface area (TPSA) is 169 Å². The lowest BCUT2D eigenvalue weighted by atomic mass is 9.89. The molecule has 0 spiro atoms. The number of amides is 3. The van der Waals surface area contributed by atoms with Gasteiger partial charge in [-0.05, 0) is 91.2 Å². The number of aromatic nitrogens is 2. The van der Waals surface area contributed by atoms with Crippen LogP contribution < -0.4 is 20.7 Å². The molecular weight excluding hydrogens is 784 g/mol. The summed E-state index contributed by atoms with van der Waals surface area (Å²) >= 11 is 0. The maximum absolute atomic E-state index is 12.8. The van der Waals surface area contributed by atoms with Crippen molar-refractivity contribution in [1.82, 2.24) is 31.2 Å². The molecule has 2 aromatic heterocycles. The monoisotopic (exact) mass is 832 g/mol. The van der Waals surface area contributed by atoms with Gasteiger partial charge in [-0.15, -0.1) is 12.4 Å². The standard InChI is InChI=1S/C23H23N3O3.C12H10N2O4.C11H15N.ClH/c1-24-22(27)19-9-7-18(8-10-19)21-15-20(25-29-21)23(28)26-13-11-17(12-14-26)16-5-3-2-4-6-16;1-13-12(16)9-4-2-8(3-5-9)10-6-11(14-18-10)17-7-15;1-2-4-10(5-3-1)11-6-8-12-9-7-11;/h2-10,15,17H,11-14H2,1H3,(H,24,27);2-7H,1H3,(H,13,16);1-5,11-12H,6-9H2;1H. The van der Waals surface area contributed by atoms with Gasteiger partial charge >= 0.3 is 0 Å². The Morgan fingerprint density at radius 2 is 1.13 bits per heavy atom. The van der Waals surface area contributed by atoms with Crippen molar-refractivity contribution in [2.75, 3.05) is 40.3 Å². The Morgan fingerprint density at radius 3 is 1.62 bits per heavy atom. The summed E-state index contributed by atoms with van der Waals surface area (Å²) in [6.07, 6.45) is 4.48. The number of nitrogens with one attached hydrogen (secondary N) is 3. The van der Waals surface area contributed by atoms with Crippen molar-refractivity contribution in [3.8, 4) is 28.5 Å². The number of likely N-dealkylation sites (tertiary alicyclic amines) is 1. The lowest BCUT2D eigenvalue weighted by Crippen LogP contribution is -2.38. The SMILES string of the molecule is CNC(=O)c1ccc(-c2cc(C(=O)N3CCC(c4ccccc4)CC3)no2)cc1.CNC(=O)c1ccc(-c2cc(OC=O)no2)cc1.Cl.c1ccc(C2CCNCC2)cc1. The number of ether oxygens (including phenoxy) is 1. The first-order chi connectivity index (χ1) is 28.9. The highest BCUT2D eigenvalue weighted by Gasteiger charge is 2.26. The maximum atomic E-state index is 12.8. The van der Waals surface area contributed by atoms with Crippen molar-refractivity contribution in [2.24, 2.45) is 0 Å². The minimum atomic E-state index is -0.163. The van der Waals surface area contributed by atoms with Crippen LogP contribution in [0.4, 0.5) is 0 Å². The Bertz CT molecular complexity index is 2250. The van der Waals surface area contributed by atoms with E-state index in [0.29, 0.717) is 47.3 Å². The zero-order chi connectivity index (χ0) is 41.4. The first-order valence-electron chi connectivity index (χ1n) is 19.7. The highest BCUT2D eigenvalue weighted by atomic mass is 35.5. The van der Waals surface area contributed by atoms with Gasteiger partial charge in [-0.3, -0.25) is 19.2 Å². The molecular formula is C46H49ClN6O7. The van der Waals surface area contributed by atoms with Gasteiger partial charge in [0, 0.05) is 55.5 Å². The van der Waals surface area contributed by atoms with Gasteiger partial charge in [-0.2, -0.15) is 0 Å². The van der Waals surface area contributed by atoms with Crippen LogP contribution in [0.2, 0.25) is 0 Å². The smallest absolute Gasteiger partial charge is 0.299 e. The molecule has 8 rings (SSSR count). The lowest BCUT2D eigenvalue weighted by Gasteiger charge is -2.31. The third kappa shape index (κ3) is 12.0. The van der Waals surface area contributed by atoms with E-state index in [-0.39, 0.29) is 42.5 Å². The molecule has 0 atom stereocenters. The number of carbonyl (C=O) groups is 4. The summed E-state index contributed by atoms with van der Waals surface area (Å²) in [5.74, 6) is 1.93. The van der Waals surface area contributed by atoms with E-state index in [0.717, 1.165) is 29.9 Å². The Hall–Kier alpha value is -6.57. The van der Waals surface area contributed by atoms with Gasteiger partial charge in [0.2, 0.25) is 0 Å². The Morgan fingerprint density at radius 1 is 0.667 bits per heavy atom. The number of piperidine rings is 2. The number of benzene rings is 4. The Kier molecular flexibility index (Phi) is 16.7. The van der Waals surface area contributed by atoms with Crippen molar-refractivity contribution < 1.29 is 33.0 Å². The summed E-state index contributed by atoms with van der Waals surface area (Å²) in [5, 5.41) is 16.0. The average molecular weight is 833 g/mol. The number of carbonyl (C=O) groups excluding carboxylic acids is 4. The summed E-state index contributed by atoms with van der Waals surface area (Å²) in [6.45, 7) is 4.05. The molecule has 14 heteroatoms. The summed E-state index contributed by atoms with van der Waals surface area (Å²) in [7, 11) is 3.16. The van der Waals surface area contributed by atoms with E-state index in [1.807, 2.05) is 11.0 Å². The third-order valence-electron chi connectivity index (χ3n) is 10.4. The molecule has 0 radical (unpaired) electrons. The molecule has 4 aromatic carbocycles. The molecule has 3 N–H and O–H groups in total. The molecule has 13 nitrogen and oxygen atoms in total. The van der Waals surface area contributed by atoms with E-state index in [1.165, 1.54) is 43.1 Å². The number of hydrogen-bond acceptors (Lipinski definition) is 10. The van der Waals surface area contributed by atoms with Crippen LogP contribution in [-0.2, 0) is 4.79 Å². The largest absolute Gasteiger partial charge is 0.406 e. The minimum absolute atomic E-state index is 0. The van der Waals surface area contributed by atoms with Gasteiger partial charge in [0.1, 0.15) is 0 Å². The van der Waals surface area contributed by atoms with Crippen molar-refractivity contribution in [3.63, 3.8) is 0 Å². The molecule has 3 amide bonds. The number of halogens is 1. The second-order valence-electron chi connectivity index (χ2n) is 14.0. The molecule has 2 aliphatic heterocycles. The quantitative estimate of drug-likeness (QED) is 0.124. The predicted octanol–water partition coefficient (Wildman–Crippen LogP) is 7.53. The minimum Gasteiger partial charge on any atom is -0.406 e. The van der Waals surface area contributed by atoms with Crippen molar-refractivity contribution in [3.05, 3.63) is 149 Å². The number of nitrogens with zero attached hydrogens (tertiary/aromatic N) is 3. The molecule has 0 saturated carbocycles. The number of hydrogen-bond donors (Lipinski definition) is 3. The molecule has 0 bridgehead atoms. The normalized spacial score (nSPS) is 13.9. The molecule has 2 saturated heterocycles. The highest BCUT2D eigenvalue weighted by molar-refractivity contribution is 5.95. The highest BCUT2D eigenvalue weighted by Crippen LogP contribution is 2.30. The van der Waals surface area contributed by atoms with Crippen molar-refractivity contribution in [1.29, 1.82) is 0 Å². The second-order valence-corrected chi connectivity index (χ2v) is 14.0. The van der Waals surface area contributed by atoms with Crippen molar-refractivity contribution >= 4 is 36.6 Å². The van der Waals surface area contributed by atoms with Crippen LogP contribution >= 0.6 is 12.4 Å². The first-order valence-corrected chi connectivity index (χ1v) is 19.7. The summed E-state index contributed by atoms with van der Waals surface area (Å²) in [6, 6.07) is 38.2. The van der Waals surface area contributed by atoms with Gasteiger partial charge in [-0.1, -0.05) is 90.1 Å². The molecule has 6 aromatic rings. The van der Waals surface area contributed by atoms with E-state index in [4.69, 9.17) is 9.05 Å². The zero-order valence-electron chi connectivity index (χ0n) is 33.5. The average Bonchev–Trinajstić information content (AvgIpc) is 4.01. The summed E-state index contributed by atoms with van der Waals surface area (Å²) in [4.78, 5) is 47.8. The predicted molar refractivity (Wildman–Crippen MR) is 230 cm³/mol. The van der Waals surface area contributed by atoms with Gasteiger partial charge in [0.15, 0.2) is 17.2 Å². The van der Waals surface area contributed by atoms with Gasteiger partial charge < -0.3 is 34.6 Å². The fourth-order valence-electron chi connectivity index (χ4n) is 7.06. The van der Waals surface area contributed by atoms with Gasteiger partial charge in [-0.25, -0.2) is 0 Å². The number of rotatable bonds is 9. The molecule has 0 unspecified atom stereocenters. The maximum Gasteiger partial charge on any atom is 0.299 e. The van der Waals surface area contributed by atoms with Crippen LogP contribution in [0.25, 0.3) is 22.6 Å². The zero-order valence-corrected chi connectivity index (χ0v) is 34.4. The third-order valence-corrected chi connectivity index (χ3v) is 10.4. The van der Waals surface area contributed by atoms with Crippen LogP contribution in [0.3, 0.4) is 0 Å². The van der Waals surface area contributed by atoms with E-state index in [2.05, 4.69) is 85.6 Å². The molecule has 2 aliphatic rings. The van der Waals surface area contributed by atoms with Crippen LogP contribution in [0.15, 0.2) is 130 Å². The first kappa shape index (κ1) is 44.5. The van der Waals surface area contributed by atoms with E-state index in [1.54, 1.807) is 68.7 Å². The molecule has 312 valence electrons. The molecule has 60 heavy (non-hydrogen) atoms. The fraction of sp³-hybridized carbons (Fsp3) is 0.261. The summed E-state index contributed by atoms with van der Waals surface area (Å²) < 4.78 is 14.9. The van der Waals surface area contributed by atoms with Crippen molar-refractivity contribution in [2.45, 2.75) is 37.5 Å². The van der Waals surface area contributed by atoms with Crippen LogP contribution in [0.1, 0.15) is 79.9 Å². The van der Waals surface area contributed by atoms with Gasteiger partial charge in [0.05, 0.1) is 6.07 Å². The molecule has 0 aliphatic carbocycles. The van der Waals surface area contributed by atoms with Crippen LogP contribution in [0, 0.1) is 0 Å². The van der Waals surface area contributed by atoms with Crippen LogP contribution in [-0.4, -0.2) is 79.7 Å². The Labute approximate surface area is 355 Å². The van der Waals surface area contributed by atoms with E-state index in [9.17, 15) is 19.2 Å².